The van der Waals surface area contributed by atoms with E-state index in [2.05, 4.69) is 15.3 Å². The number of guanidine groups is 1. The monoisotopic (exact) mass is 198 g/mol. The van der Waals surface area contributed by atoms with Crippen LogP contribution in [0.5, 0.6) is 0 Å². The second-order valence-electron chi connectivity index (χ2n) is 2.58. The zero-order valence-corrected chi connectivity index (χ0v) is 8.69. The first kappa shape index (κ1) is 9.98. The predicted molar refractivity (Wildman–Crippen MR) is 55.9 cm³/mol. The van der Waals surface area contributed by atoms with Gasteiger partial charge in [-0.15, -0.1) is 11.3 Å². The molecule has 0 spiro atoms. The first-order valence-corrected chi connectivity index (χ1v) is 4.99. The normalized spacial score (nSPS) is 11.7. The van der Waals surface area contributed by atoms with Crippen molar-refractivity contribution in [2.24, 2.45) is 10.7 Å². The van der Waals surface area contributed by atoms with Crippen molar-refractivity contribution >= 4 is 17.3 Å². The third kappa shape index (κ3) is 3.42. The predicted octanol–water partition coefficient (Wildman–Crippen LogP) is 0.876. The van der Waals surface area contributed by atoms with Gasteiger partial charge in [-0.1, -0.05) is 0 Å². The molecule has 5 heteroatoms. The molecule has 1 heterocycles. The van der Waals surface area contributed by atoms with Gasteiger partial charge in [0.25, 0.3) is 0 Å². The first-order chi connectivity index (χ1) is 6.22. The molecule has 4 nitrogen and oxygen atoms in total. The summed E-state index contributed by atoms with van der Waals surface area (Å²) in [5, 5.41) is 4.00. The van der Waals surface area contributed by atoms with Crippen molar-refractivity contribution in [2.45, 2.75) is 20.4 Å². The van der Waals surface area contributed by atoms with E-state index in [0.29, 0.717) is 12.5 Å². The molecule has 0 amide bonds. The number of thiazole rings is 1. The maximum absolute atomic E-state index is 5.56. The van der Waals surface area contributed by atoms with Crippen molar-refractivity contribution in [3.8, 4) is 0 Å². The summed E-state index contributed by atoms with van der Waals surface area (Å²) in [6.45, 7) is 5.38. The van der Waals surface area contributed by atoms with Crippen molar-refractivity contribution in [1.82, 2.24) is 10.3 Å². The number of aliphatic imine (C=N–C) groups is 1. The van der Waals surface area contributed by atoms with Crippen LogP contribution in [0.2, 0.25) is 0 Å². The third-order valence-electron chi connectivity index (χ3n) is 1.43. The molecule has 0 aliphatic carbocycles. The van der Waals surface area contributed by atoms with Gasteiger partial charge in [-0.05, 0) is 13.8 Å². The number of nitrogens with two attached hydrogens (primary N) is 1. The van der Waals surface area contributed by atoms with Gasteiger partial charge >= 0.3 is 0 Å². The quantitative estimate of drug-likeness (QED) is 0.559. The molecule has 1 aromatic rings. The van der Waals surface area contributed by atoms with E-state index in [1.54, 1.807) is 11.3 Å². The van der Waals surface area contributed by atoms with Gasteiger partial charge in [-0.2, -0.15) is 0 Å². The molecule has 0 aliphatic rings. The number of hydrogen-bond donors (Lipinski definition) is 2. The summed E-state index contributed by atoms with van der Waals surface area (Å²) in [7, 11) is 0. The van der Waals surface area contributed by atoms with E-state index in [9.17, 15) is 0 Å². The maximum Gasteiger partial charge on any atom is 0.188 e. The Hall–Kier alpha value is -1.10. The minimum absolute atomic E-state index is 0.494. The lowest BCUT2D eigenvalue weighted by Crippen LogP contribution is -2.31. The number of hydrogen-bond acceptors (Lipinski definition) is 3. The minimum atomic E-state index is 0.494. The molecule has 3 N–H and O–H groups in total. The largest absolute Gasteiger partial charge is 0.370 e. The maximum atomic E-state index is 5.56. The molecule has 0 fully saturated rings. The molecule has 72 valence electrons. The summed E-state index contributed by atoms with van der Waals surface area (Å²) >= 11 is 1.65. The van der Waals surface area contributed by atoms with Crippen LogP contribution in [0.4, 0.5) is 0 Å². The highest BCUT2D eigenvalue weighted by molar-refractivity contribution is 7.11. The molecular formula is C8H14N4S. The van der Waals surface area contributed by atoms with Gasteiger partial charge in [-0.25, -0.2) is 9.98 Å². The molecule has 1 aromatic heterocycles. The molecule has 0 aliphatic heterocycles. The van der Waals surface area contributed by atoms with Crippen LogP contribution in [0.25, 0.3) is 0 Å². The second-order valence-corrected chi connectivity index (χ2v) is 3.90. The molecule has 0 aromatic carbocycles. The zero-order valence-electron chi connectivity index (χ0n) is 7.87. The molecule has 0 bridgehead atoms. The number of aryl methyl sites for hydroxylation is 1. The Balaban J connectivity index is 2.46. The van der Waals surface area contributed by atoms with Gasteiger partial charge < -0.3 is 11.1 Å². The van der Waals surface area contributed by atoms with Crippen LogP contribution in [-0.4, -0.2) is 17.5 Å². The molecule has 13 heavy (non-hydrogen) atoms. The van der Waals surface area contributed by atoms with Crippen LogP contribution in [-0.2, 0) is 6.54 Å². The number of nitrogens with one attached hydrogen (secondary N) is 1. The van der Waals surface area contributed by atoms with Crippen molar-refractivity contribution in [1.29, 1.82) is 0 Å². The van der Waals surface area contributed by atoms with E-state index in [1.165, 1.54) is 0 Å². The molecule has 1 rings (SSSR count). The molecule has 0 radical (unpaired) electrons. The van der Waals surface area contributed by atoms with Gasteiger partial charge in [0.2, 0.25) is 0 Å². The lowest BCUT2D eigenvalue weighted by molar-refractivity contribution is 0.929. The van der Waals surface area contributed by atoms with Gasteiger partial charge in [-0.3, -0.25) is 0 Å². The van der Waals surface area contributed by atoms with E-state index in [4.69, 9.17) is 5.73 Å². The van der Waals surface area contributed by atoms with E-state index in [1.807, 2.05) is 20.0 Å². The smallest absolute Gasteiger partial charge is 0.188 e. The SMILES string of the molecule is CCNC(N)=NCc1cnc(C)s1. The van der Waals surface area contributed by atoms with Crippen LogP contribution >= 0.6 is 11.3 Å². The number of nitrogens with zero attached hydrogens (tertiary/aromatic N) is 2. The Morgan fingerprint density at radius 2 is 2.54 bits per heavy atom. The van der Waals surface area contributed by atoms with E-state index >= 15 is 0 Å². The average Bonchev–Trinajstić information content (AvgIpc) is 2.49. The van der Waals surface area contributed by atoms with Crippen molar-refractivity contribution in [2.75, 3.05) is 6.54 Å². The van der Waals surface area contributed by atoms with Crippen LogP contribution in [0.3, 0.4) is 0 Å². The minimum Gasteiger partial charge on any atom is -0.370 e. The number of aromatic nitrogens is 1. The van der Waals surface area contributed by atoms with Crippen LogP contribution < -0.4 is 11.1 Å². The summed E-state index contributed by atoms with van der Waals surface area (Å²) in [6.07, 6.45) is 1.84. The first-order valence-electron chi connectivity index (χ1n) is 4.17. The molecular weight excluding hydrogens is 184 g/mol. The van der Waals surface area contributed by atoms with Crippen molar-refractivity contribution in [3.05, 3.63) is 16.1 Å². The van der Waals surface area contributed by atoms with Gasteiger partial charge in [0.05, 0.1) is 11.6 Å². The van der Waals surface area contributed by atoms with Crippen molar-refractivity contribution in [3.63, 3.8) is 0 Å². The molecule has 0 atom stereocenters. The summed E-state index contributed by atoms with van der Waals surface area (Å²) in [5.74, 6) is 0.494. The fraction of sp³-hybridized carbons (Fsp3) is 0.500. The zero-order chi connectivity index (χ0) is 9.68. The third-order valence-corrected chi connectivity index (χ3v) is 2.33. The summed E-state index contributed by atoms with van der Waals surface area (Å²) in [6, 6.07) is 0. The van der Waals surface area contributed by atoms with Crippen LogP contribution in [0.15, 0.2) is 11.2 Å². The van der Waals surface area contributed by atoms with E-state index in [-0.39, 0.29) is 0 Å². The van der Waals surface area contributed by atoms with Gasteiger partial charge in [0, 0.05) is 17.6 Å². The molecule has 0 saturated heterocycles. The molecule has 0 unspecified atom stereocenters. The van der Waals surface area contributed by atoms with Crippen molar-refractivity contribution < 1.29 is 0 Å². The average molecular weight is 198 g/mol. The Kier molecular flexibility index (Phi) is 3.70. The Labute approximate surface area is 81.9 Å². The highest BCUT2D eigenvalue weighted by Gasteiger charge is 1.96. The highest BCUT2D eigenvalue weighted by atomic mass is 32.1. The van der Waals surface area contributed by atoms with Crippen LogP contribution in [0, 0.1) is 6.92 Å². The summed E-state index contributed by atoms with van der Waals surface area (Å²) in [5.41, 5.74) is 5.56. The lowest BCUT2D eigenvalue weighted by atomic mass is 10.5. The Morgan fingerprint density at radius 1 is 1.77 bits per heavy atom. The Bertz CT molecular complexity index is 292. The van der Waals surface area contributed by atoms with Gasteiger partial charge in [0.1, 0.15) is 0 Å². The highest BCUT2D eigenvalue weighted by Crippen LogP contribution is 2.11. The van der Waals surface area contributed by atoms with E-state index in [0.717, 1.165) is 16.4 Å². The number of rotatable bonds is 3. The van der Waals surface area contributed by atoms with Gasteiger partial charge in [0.15, 0.2) is 5.96 Å². The summed E-state index contributed by atoms with van der Waals surface area (Å²) in [4.78, 5) is 9.42. The molecule has 0 saturated carbocycles. The van der Waals surface area contributed by atoms with E-state index < -0.39 is 0 Å². The second kappa shape index (κ2) is 4.81. The lowest BCUT2D eigenvalue weighted by Gasteiger charge is -1.99. The Morgan fingerprint density at radius 3 is 3.08 bits per heavy atom. The standard InChI is InChI=1S/C8H14N4S/c1-3-10-8(9)12-5-7-4-11-6(2)13-7/h4H,3,5H2,1-2H3,(H3,9,10,12). The topological polar surface area (TPSA) is 63.3 Å². The fourth-order valence-corrected chi connectivity index (χ4v) is 1.60. The summed E-state index contributed by atoms with van der Waals surface area (Å²) < 4.78 is 0. The fourth-order valence-electron chi connectivity index (χ4n) is 0.879. The van der Waals surface area contributed by atoms with Crippen LogP contribution in [0.1, 0.15) is 16.8 Å².